The van der Waals surface area contributed by atoms with Gasteiger partial charge < -0.3 is 9.15 Å². The fourth-order valence-corrected chi connectivity index (χ4v) is 5.74. The number of rotatable bonds is 7. The van der Waals surface area contributed by atoms with Crippen molar-refractivity contribution >= 4 is 36.7 Å². The molecule has 2 aromatic carbocycles. The fraction of sp³-hybridized carbons (Fsp3) is 0.174. The maximum absolute atomic E-state index is 13.5. The van der Waals surface area contributed by atoms with Crippen LogP contribution in [0.5, 0.6) is 0 Å². The molecule has 8 nitrogen and oxygen atoms in total. The van der Waals surface area contributed by atoms with Crippen LogP contribution in [0.3, 0.4) is 0 Å². The van der Waals surface area contributed by atoms with Crippen molar-refractivity contribution in [2.24, 2.45) is 0 Å². The van der Waals surface area contributed by atoms with E-state index in [2.05, 4.69) is 0 Å². The van der Waals surface area contributed by atoms with Gasteiger partial charge in [-0.15, -0.1) is 0 Å². The van der Waals surface area contributed by atoms with Crippen LogP contribution >= 0.6 is 0 Å². The Morgan fingerprint density at radius 2 is 1.67 bits per heavy atom. The van der Waals surface area contributed by atoms with Crippen molar-refractivity contribution in [2.75, 3.05) is 12.9 Å². The smallest absolute Gasteiger partial charge is 0.374 e. The number of carbonyl (C=O) groups is 1. The lowest BCUT2D eigenvalue weighted by atomic mass is 10.2. The summed E-state index contributed by atoms with van der Waals surface area (Å²) in [6.07, 6.45) is 1.14. The van der Waals surface area contributed by atoms with Crippen LogP contribution in [0.1, 0.15) is 28.9 Å². The molecular formula is C23H21NO7S2. The van der Waals surface area contributed by atoms with Gasteiger partial charge in [0.1, 0.15) is 5.76 Å². The van der Waals surface area contributed by atoms with E-state index in [0.29, 0.717) is 22.4 Å². The molecule has 0 fully saturated rings. The Morgan fingerprint density at radius 1 is 0.939 bits per heavy atom. The summed E-state index contributed by atoms with van der Waals surface area (Å²) in [6, 6.07) is 16.9. The van der Waals surface area contributed by atoms with Crippen LogP contribution in [0.15, 0.2) is 80.9 Å². The standard InChI is InChI=1S/C23H21NO7S2/c1-3-30-23(25)22-12-9-18(31-22)15-17-13-16-14-20(32(2,26)27)10-11-21(16)24(17)33(28,29)19-7-5-4-6-8-19/h4-14H,3,15H2,1-2H3. The number of benzene rings is 2. The number of ether oxygens (including phenoxy) is 1. The first-order valence-corrected chi connectivity index (χ1v) is 13.4. The fourth-order valence-electron chi connectivity index (χ4n) is 3.52. The molecule has 0 unspecified atom stereocenters. The van der Waals surface area contributed by atoms with E-state index in [-0.39, 0.29) is 28.6 Å². The zero-order valence-corrected chi connectivity index (χ0v) is 19.5. The van der Waals surface area contributed by atoms with E-state index in [0.717, 1.165) is 6.26 Å². The molecule has 0 saturated heterocycles. The monoisotopic (exact) mass is 487 g/mol. The highest BCUT2D eigenvalue weighted by Crippen LogP contribution is 2.29. The lowest BCUT2D eigenvalue weighted by Crippen LogP contribution is -2.16. The Hall–Kier alpha value is -3.37. The van der Waals surface area contributed by atoms with Crippen LogP contribution in [0.4, 0.5) is 0 Å². The quantitative estimate of drug-likeness (QED) is 0.366. The lowest BCUT2D eigenvalue weighted by Gasteiger charge is -2.12. The van der Waals surface area contributed by atoms with Crippen LogP contribution in [0.2, 0.25) is 0 Å². The summed E-state index contributed by atoms with van der Waals surface area (Å²) in [5, 5.41) is 0.449. The van der Waals surface area contributed by atoms with Gasteiger partial charge in [0.2, 0.25) is 5.76 Å². The highest BCUT2D eigenvalue weighted by molar-refractivity contribution is 7.90. The van der Waals surface area contributed by atoms with Crippen LogP contribution in [0, 0.1) is 0 Å². The van der Waals surface area contributed by atoms with Gasteiger partial charge in [-0.1, -0.05) is 18.2 Å². The Labute approximate surface area is 191 Å². The van der Waals surface area contributed by atoms with Gasteiger partial charge in [-0.25, -0.2) is 25.6 Å². The topological polar surface area (TPSA) is 113 Å². The number of furan rings is 1. The van der Waals surface area contributed by atoms with E-state index < -0.39 is 25.8 Å². The van der Waals surface area contributed by atoms with Crippen LogP contribution in [-0.2, 0) is 31.0 Å². The molecule has 0 radical (unpaired) electrons. The Balaban J connectivity index is 1.88. The maximum Gasteiger partial charge on any atom is 0.374 e. The first-order valence-electron chi connectivity index (χ1n) is 10.0. The van der Waals surface area contributed by atoms with Crippen molar-refractivity contribution in [3.8, 4) is 0 Å². The van der Waals surface area contributed by atoms with Crippen molar-refractivity contribution in [2.45, 2.75) is 23.1 Å². The van der Waals surface area contributed by atoms with Crippen LogP contribution in [-0.4, -0.2) is 39.6 Å². The van der Waals surface area contributed by atoms with E-state index in [4.69, 9.17) is 9.15 Å². The SMILES string of the molecule is CCOC(=O)c1ccc(Cc2cc3cc(S(C)(=O)=O)ccc3n2S(=O)(=O)c2ccccc2)o1. The Kier molecular flexibility index (Phi) is 5.89. The molecule has 0 spiro atoms. The van der Waals surface area contributed by atoms with Crippen molar-refractivity contribution in [1.29, 1.82) is 0 Å². The third-order valence-electron chi connectivity index (χ3n) is 5.00. The van der Waals surface area contributed by atoms with E-state index in [1.807, 2.05) is 0 Å². The molecule has 0 atom stereocenters. The van der Waals surface area contributed by atoms with E-state index in [9.17, 15) is 21.6 Å². The molecule has 33 heavy (non-hydrogen) atoms. The molecule has 4 aromatic rings. The normalized spacial score (nSPS) is 12.2. The van der Waals surface area contributed by atoms with E-state index >= 15 is 0 Å². The predicted molar refractivity (Wildman–Crippen MR) is 122 cm³/mol. The van der Waals surface area contributed by atoms with Crippen molar-refractivity contribution in [3.63, 3.8) is 0 Å². The molecule has 0 aliphatic carbocycles. The van der Waals surface area contributed by atoms with Gasteiger partial charge >= 0.3 is 5.97 Å². The van der Waals surface area contributed by atoms with Gasteiger partial charge in [0.25, 0.3) is 10.0 Å². The first-order chi connectivity index (χ1) is 15.6. The minimum Gasteiger partial charge on any atom is -0.460 e. The van der Waals surface area contributed by atoms with Gasteiger partial charge in [0.15, 0.2) is 9.84 Å². The predicted octanol–water partition coefficient (Wildman–Crippen LogP) is 3.64. The molecule has 0 bridgehead atoms. The van der Waals surface area contributed by atoms with Crippen LogP contribution in [0.25, 0.3) is 10.9 Å². The summed E-state index contributed by atoms with van der Waals surface area (Å²) in [5.74, 6) is -0.243. The summed E-state index contributed by atoms with van der Waals surface area (Å²) in [6.45, 7) is 1.88. The molecular weight excluding hydrogens is 466 g/mol. The molecule has 0 aliphatic rings. The molecule has 2 heterocycles. The van der Waals surface area contributed by atoms with Crippen molar-refractivity contribution in [3.05, 3.63) is 83.9 Å². The zero-order valence-electron chi connectivity index (χ0n) is 17.9. The number of sulfone groups is 1. The summed E-state index contributed by atoms with van der Waals surface area (Å²) in [5.41, 5.74) is 0.683. The minimum absolute atomic E-state index is 0.0137. The second-order valence-electron chi connectivity index (χ2n) is 7.37. The van der Waals surface area contributed by atoms with Gasteiger partial charge in [-0.05, 0) is 55.5 Å². The number of carbonyl (C=O) groups excluding carboxylic acids is 1. The van der Waals surface area contributed by atoms with Crippen molar-refractivity contribution in [1.82, 2.24) is 3.97 Å². The largest absolute Gasteiger partial charge is 0.460 e. The molecule has 0 aliphatic heterocycles. The second kappa shape index (κ2) is 8.53. The minimum atomic E-state index is -4.01. The number of aromatic nitrogens is 1. The van der Waals surface area contributed by atoms with E-state index in [1.54, 1.807) is 37.3 Å². The van der Waals surface area contributed by atoms with Gasteiger partial charge in [0.05, 0.1) is 21.9 Å². The van der Waals surface area contributed by atoms with E-state index in [1.165, 1.54) is 40.4 Å². The van der Waals surface area contributed by atoms with Crippen LogP contribution < -0.4 is 0 Å². The Bertz CT molecular complexity index is 1550. The third kappa shape index (κ3) is 4.44. The Morgan fingerprint density at radius 3 is 2.33 bits per heavy atom. The molecule has 0 saturated carbocycles. The summed E-state index contributed by atoms with van der Waals surface area (Å²) in [4.78, 5) is 12.1. The number of esters is 1. The molecule has 172 valence electrons. The molecule has 0 N–H and O–H groups in total. The molecule has 0 amide bonds. The number of nitrogens with zero attached hydrogens (tertiary/aromatic N) is 1. The first kappa shape index (κ1) is 22.8. The molecule has 4 rings (SSSR count). The summed E-state index contributed by atoms with van der Waals surface area (Å²) in [7, 11) is -7.49. The maximum atomic E-state index is 13.5. The second-order valence-corrected chi connectivity index (χ2v) is 11.2. The number of hydrogen-bond donors (Lipinski definition) is 0. The average Bonchev–Trinajstić information content (AvgIpc) is 3.38. The highest BCUT2D eigenvalue weighted by Gasteiger charge is 2.25. The highest BCUT2D eigenvalue weighted by atomic mass is 32.2. The van der Waals surface area contributed by atoms with Crippen molar-refractivity contribution < 1.29 is 30.8 Å². The average molecular weight is 488 g/mol. The number of hydrogen-bond acceptors (Lipinski definition) is 7. The van der Waals surface area contributed by atoms with Gasteiger partial charge in [-0.3, -0.25) is 0 Å². The lowest BCUT2D eigenvalue weighted by molar-refractivity contribution is 0.0488. The van der Waals surface area contributed by atoms with Gasteiger partial charge in [-0.2, -0.15) is 0 Å². The number of fused-ring (bicyclic) bond motifs is 1. The summed E-state index contributed by atoms with van der Waals surface area (Å²) < 4.78 is 62.8. The summed E-state index contributed by atoms with van der Waals surface area (Å²) >= 11 is 0. The molecule has 2 aromatic heterocycles. The van der Waals surface area contributed by atoms with Gasteiger partial charge in [0, 0.05) is 23.8 Å². The zero-order chi connectivity index (χ0) is 23.8. The molecule has 10 heteroatoms. The third-order valence-corrected chi connectivity index (χ3v) is 7.89.